The Bertz CT molecular complexity index is 629. The van der Waals surface area contributed by atoms with Crippen molar-refractivity contribution in [2.75, 3.05) is 5.32 Å². The first-order chi connectivity index (χ1) is 9.63. The molecule has 4 nitrogen and oxygen atoms in total. The lowest BCUT2D eigenvalue weighted by Gasteiger charge is -2.07. The van der Waals surface area contributed by atoms with Gasteiger partial charge >= 0.3 is 0 Å². The summed E-state index contributed by atoms with van der Waals surface area (Å²) < 4.78 is 1.70. The van der Waals surface area contributed by atoms with Gasteiger partial charge in [0.05, 0.1) is 6.54 Å². The van der Waals surface area contributed by atoms with E-state index in [0.29, 0.717) is 22.4 Å². The quantitative estimate of drug-likeness (QED) is 0.938. The van der Waals surface area contributed by atoms with Crippen LogP contribution in [0.3, 0.4) is 0 Å². The summed E-state index contributed by atoms with van der Waals surface area (Å²) in [6.07, 6.45) is 3.74. The number of amides is 1. The number of carbonyl (C=O) groups is 1. The minimum absolute atomic E-state index is 0.0472. The summed E-state index contributed by atoms with van der Waals surface area (Å²) in [7, 11) is 0. The zero-order valence-corrected chi connectivity index (χ0v) is 12.2. The molecule has 1 saturated carbocycles. The first-order valence-electron chi connectivity index (χ1n) is 6.40. The second-order valence-electron chi connectivity index (χ2n) is 4.86. The fourth-order valence-electron chi connectivity index (χ4n) is 1.94. The van der Waals surface area contributed by atoms with Gasteiger partial charge in [-0.25, -0.2) is 0 Å². The number of hydrogen-bond donors (Lipinski definition) is 1. The summed E-state index contributed by atoms with van der Waals surface area (Å²) in [6.45, 7) is 0.470. The van der Waals surface area contributed by atoms with Gasteiger partial charge < -0.3 is 5.32 Å². The van der Waals surface area contributed by atoms with Gasteiger partial charge in [-0.15, -0.1) is 0 Å². The monoisotopic (exact) mass is 309 g/mol. The molecular formula is C14H13Cl2N3O. The average Bonchev–Trinajstić information content (AvgIpc) is 3.17. The Morgan fingerprint density at radius 1 is 1.30 bits per heavy atom. The number of anilines is 1. The first kappa shape index (κ1) is 13.5. The molecule has 1 heterocycles. The van der Waals surface area contributed by atoms with E-state index in [1.54, 1.807) is 35.1 Å². The second kappa shape index (κ2) is 5.46. The van der Waals surface area contributed by atoms with Crippen molar-refractivity contribution < 1.29 is 4.79 Å². The Morgan fingerprint density at radius 2 is 2.00 bits per heavy atom. The van der Waals surface area contributed by atoms with Gasteiger partial charge in [0, 0.05) is 33.8 Å². The molecule has 0 aliphatic heterocycles. The van der Waals surface area contributed by atoms with Gasteiger partial charge in [-0.2, -0.15) is 5.10 Å². The van der Waals surface area contributed by atoms with E-state index in [-0.39, 0.29) is 11.8 Å². The Balaban J connectivity index is 1.72. The lowest BCUT2D eigenvalue weighted by molar-refractivity contribution is -0.117. The van der Waals surface area contributed by atoms with E-state index in [2.05, 4.69) is 10.4 Å². The van der Waals surface area contributed by atoms with Crippen molar-refractivity contribution in [2.45, 2.75) is 19.4 Å². The molecule has 20 heavy (non-hydrogen) atoms. The Kier molecular flexibility index (Phi) is 3.68. The van der Waals surface area contributed by atoms with E-state index < -0.39 is 0 Å². The molecule has 1 aromatic heterocycles. The van der Waals surface area contributed by atoms with Gasteiger partial charge in [-0.3, -0.25) is 9.48 Å². The predicted molar refractivity (Wildman–Crippen MR) is 79.1 cm³/mol. The van der Waals surface area contributed by atoms with Crippen LogP contribution in [0.15, 0.2) is 30.5 Å². The lowest BCUT2D eigenvalue weighted by Crippen LogP contribution is -2.14. The Labute approximate surface area is 126 Å². The summed E-state index contributed by atoms with van der Waals surface area (Å²) in [5.74, 6) is 0.772. The topological polar surface area (TPSA) is 46.9 Å². The van der Waals surface area contributed by atoms with Crippen LogP contribution in [0.4, 0.5) is 5.82 Å². The van der Waals surface area contributed by atoms with Gasteiger partial charge in [-0.05, 0) is 25.0 Å². The van der Waals surface area contributed by atoms with Crippen LogP contribution in [-0.2, 0) is 11.3 Å². The highest BCUT2D eigenvalue weighted by Crippen LogP contribution is 2.30. The third-order valence-corrected chi connectivity index (χ3v) is 3.93. The highest BCUT2D eigenvalue weighted by molar-refractivity contribution is 6.35. The highest BCUT2D eigenvalue weighted by atomic mass is 35.5. The predicted octanol–water partition coefficient (Wildman–Crippen LogP) is 3.59. The molecular weight excluding hydrogens is 297 g/mol. The largest absolute Gasteiger partial charge is 0.309 e. The van der Waals surface area contributed by atoms with Crippen LogP contribution in [-0.4, -0.2) is 15.7 Å². The van der Waals surface area contributed by atoms with E-state index in [9.17, 15) is 4.79 Å². The number of rotatable bonds is 4. The molecule has 0 bridgehead atoms. The minimum atomic E-state index is 0.0472. The summed E-state index contributed by atoms with van der Waals surface area (Å²) in [5, 5.41) is 8.32. The molecule has 1 aliphatic carbocycles. The molecule has 0 radical (unpaired) electrons. The molecule has 1 amide bonds. The number of nitrogens with one attached hydrogen (secondary N) is 1. The van der Waals surface area contributed by atoms with Crippen molar-refractivity contribution in [2.24, 2.45) is 5.92 Å². The average molecular weight is 310 g/mol. The fraction of sp³-hybridized carbons (Fsp3) is 0.286. The Morgan fingerprint density at radius 3 is 2.65 bits per heavy atom. The van der Waals surface area contributed by atoms with Crippen LogP contribution >= 0.6 is 23.2 Å². The van der Waals surface area contributed by atoms with E-state index in [4.69, 9.17) is 23.2 Å². The SMILES string of the molecule is O=C(Nc1ccn(Cc2c(Cl)cccc2Cl)n1)C1CC1. The van der Waals surface area contributed by atoms with Crippen LogP contribution in [0.1, 0.15) is 18.4 Å². The normalized spacial score (nSPS) is 14.3. The number of aromatic nitrogens is 2. The molecule has 3 rings (SSSR count). The molecule has 0 unspecified atom stereocenters. The summed E-state index contributed by atoms with van der Waals surface area (Å²) in [4.78, 5) is 11.6. The van der Waals surface area contributed by atoms with Gasteiger partial charge in [0.1, 0.15) is 0 Å². The van der Waals surface area contributed by atoms with Crippen molar-refractivity contribution in [3.8, 4) is 0 Å². The zero-order valence-electron chi connectivity index (χ0n) is 10.6. The molecule has 1 aromatic carbocycles. The smallest absolute Gasteiger partial charge is 0.228 e. The van der Waals surface area contributed by atoms with Gasteiger partial charge in [-0.1, -0.05) is 29.3 Å². The minimum Gasteiger partial charge on any atom is -0.309 e. The van der Waals surface area contributed by atoms with Crippen molar-refractivity contribution in [1.82, 2.24) is 9.78 Å². The van der Waals surface area contributed by atoms with Crippen LogP contribution in [0.2, 0.25) is 10.0 Å². The van der Waals surface area contributed by atoms with Crippen molar-refractivity contribution in [3.05, 3.63) is 46.1 Å². The van der Waals surface area contributed by atoms with Crippen molar-refractivity contribution >= 4 is 34.9 Å². The van der Waals surface area contributed by atoms with E-state index in [1.165, 1.54) is 0 Å². The number of benzene rings is 1. The van der Waals surface area contributed by atoms with Gasteiger partial charge in [0.15, 0.2) is 5.82 Å². The number of hydrogen-bond acceptors (Lipinski definition) is 2. The molecule has 0 spiro atoms. The molecule has 0 atom stereocenters. The van der Waals surface area contributed by atoms with Crippen molar-refractivity contribution in [3.63, 3.8) is 0 Å². The molecule has 6 heteroatoms. The van der Waals surface area contributed by atoms with Gasteiger partial charge in [0.2, 0.25) is 5.91 Å². The van der Waals surface area contributed by atoms with Crippen LogP contribution in [0, 0.1) is 5.92 Å². The standard InChI is InChI=1S/C14H13Cl2N3O/c15-11-2-1-3-12(16)10(11)8-19-7-6-13(18-19)17-14(20)9-4-5-9/h1-3,6-7,9H,4-5,8H2,(H,17,18,20). The maximum Gasteiger partial charge on any atom is 0.228 e. The van der Waals surface area contributed by atoms with Crippen molar-refractivity contribution in [1.29, 1.82) is 0 Å². The molecule has 2 aromatic rings. The third kappa shape index (κ3) is 2.97. The molecule has 104 valence electrons. The molecule has 1 N–H and O–H groups in total. The number of nitrogens with zero attached hydrogens (tertiary/aromatic N) is 2. The van der Waals surface area contributed by atoms with Crippen LogP contribution < -0.4 is 5.32 Å². The second-order valence-corrected chi connectivity index (χ2v) is 5.68. The van der Waals surface area contributed by atoms with E-state index >= 15 is 0 Å². The van der Waals surface area contributed by atoms with Crippen LogP contribution in [0.25, 0.3) is 0 Å². The van der Waals surface area contributed by atoms with E-state index in [1.807, 2.05) is 0 Å². The maximum atomic E-state index is 11.6. The lowest BCUT2D eigenvalue weighted by atomic mass is 10.2. The Hall–Kier alpha value is -1.52. The third-order valence-electron chi connectivity index (χ3n) is 3.22. The zero-order chi connectivity index (χ0) is 14.1. The number of carbonyl (C=O) groups excluding carboxylic acids is 1. The fourth-order valence-corrected chi connectivity index (χ4v) is 2.45. The molecule has 1 fully saturated rings. The summed E-state index contributed by atoms with van der Waals surface area (Å²) >= 11 is 12.3. The molecule has 0 saturated heterocycles. The molecule has 1 aliphatic rings. The number of halogens is 2. The summed E-state index contributed by atoms with van der Waals surface area (Å²) in [5.41, 5.74) is 0.819. The van der Waals surface area contributed by atoms with E-state index in [0.717, 1.165) is 18.4 Å². The van der Waals surface area contributed by atoms with Gasteiger partial charge in [0.25, 0.3) is 0 Å². The van der Waals surface area contributed by atoms with Crippen LogP contribution in [0.5, 0.6) is 0 Å². The first-order valence-corrected chi connectivity index (χ1v) is 7.16. The summed E-state index contributed by atoms with van der Waals surface area (Å²) in [6, 6.07) is 7.16. The maximum absolute atomic E-state index is 11.6. The highest BCUT2D eigenvalue weighted by Gasteiger charge is 2.29.